The molecule has 1 saturated heterocycles. The normalized spacial score (nSPS) is 15.8. The monoisotopic (exact) mass is 465 g/mol. The molecular formula is C24H24FN5O2S. The minimum atomic E-state index is -3.53. The highest BCUT2D eigenvalue weighted by molar-refractivity contribution is 7.89. The van der Waals surface area contributed by atoms with Gasteiger partial charge in [-0.25, -0.2) is 22.8 Å². The van der Waals surface area contributed by atoms with Gasteiger partial charge in [-0.05, 0) is 48.9 Å². The average molecular weight is 466 g/mol. The third-order valence-corrected chi connectivity index (χ3v) is 8.02. The molecule has 1 aliphatic rings. The van der Waals surface area contributed by atoms with Crippen molar-refractivity contribution >= 4 is 21.2 Å². The summed E-state index contributed by atoms with van der Waals surface area (Å²) in [6.07, 6.45) is 1.69. The summed E-state index contributed by atoms with van der Waals surface area (Å²) in [5, 5.41) is 0. The summed E-state index contributed by atoms with van der Waals surface area (Å²) in [6.45, 7) is 4.26. The molecule has 170 valence electrons. The molecule has 0 amide bonds. The average Bonchev–Trinajstić information content (AvgIpc) is 3.17. The van der Waals surface area contributed by atoms with Gasteiger partial charge >= 0.3 is 0 Å². The Morgan fingerprint density at radius 1 is 0.970 bits per heavy atom. The van der Waals surface area contributed by atoms with Gasteiger partial charge < -0.3 is 0 Å². The number of pyridine rings is 1. The zero-order chi connectivity index (χ0) is 23.0. The van der Waals surface area contributed by atoms with Crippen molar-refractivity contribution in [1.29, 1.82) is 0 Å². The second-order valence-electron chi connectivity index (χ2n) is 8.14. The molecule has 0 N–H and O–H groups in total. The molecule has 0 bridgehead atoms. The van der Waals surface area contributed by atoms with E-state index in [0.717, 1.165) is 16.9 Å². The van der Waals surface area contributed by atoms with E-state index < -0.39 is 10.0 Å². The quantitative estimate of drug-likeness (QED) is 0.452. The van der Waals surface area contributed by atoms with Gasteiger partial charge in [0.2, 0.25) is 10.0 Å². The van der Waals surface area contributed by atoms with E-state index in [2.05, 4.69) is 9.88 Å². The minimum absolute atomic E-state index is 0.328. The van der Waals surface area contributed by atoms with Crippen molar-refractivity contribution in [2.24, 2.45) is 0 Å². The smallest absolute Gasteiger partial charge is 0.243 e. The Morgan fingerprint density at radius 3 is 2.52 bits per heavy atom. The lowest BCUT2D eigenvalue weighted by Crippen LogP contribution is -2.48. The van der Waals surface area contributed by atoms with E-state index in [9.17, 15) is 12.8 Å². The zero-order valence-electron chi connectivity index (χ0n) is 18.2. The number of aryl methyl sites for hydroxylation is 1. The van der Waals surface area contributed by atoms with Crippen LogP contribution in [0.1, 0.15) is 11.4 Å². The van der Waals surface area contributed by atoms with Crippen molar-refractivity contribution in [2.45, 2.75) is 18.4 Å². The molecule has 0 aliphatic carbocycles. The highest BCUT2D eigenvalue weighted by Gasteiger charge is 2.30. The van der Waals surface area contributed by atoms with Crippen molar-refractivity contribution in [3.05, 3.63) is 84.1 Å². The topological polar surface area (TPSA) is 71.3 Å². The third kappa shape index (κ3) is 4.15. The molecule has 0 unspecified atom stereocenters. The lowest BCUT2D eigenvalue weighted by molar-refractivity contribution is 0.177. The fraction of sp³-hybridized carbons (Fsp3) is 0.250. The van der Waals surface area contributed by atoms with Crippen molar-refractivity contribution in [3.8, 4) is 5.69 Å². The number of piperazine rings is 1. The van der Waals surface area contributed by atoms with Crippen molar-refractivity contribution < 1.29 is 12.8 Å². The van der Waals surface area contributed by atoms with Crippen LogP contribution >= 0.6 is 0 Å². The van der Waals surface area contributed by atoms with Gasteiger partial charge in [-0.3, -0.25) is 9.47 Å². The highest BCUT2D eigenvalue weighted by atomic mass is 32.2. The lowest BCUT2D eigenvalue weighted by Gasteiger charge is -2.34. The van der Waals surface area contributed by atoms with Crippen LogP contribution in [0.4, 0.5) is 4.39 Å². The predicted molar refractivity (Wildman–Crippen MR) is 124 cm³/mol. The summed E-state index contributed by atoms with van der Waals surface area (Å²) in [5.74, 6) is 0.413. The van der Waals surface area contributed by atoms with Crippen LogP contribution in [0.3, 0.4) is 0 Å². The largest absolute Gasteiger partial charge is 0.293 e. The van der Waals surface area contributed by atoms with Gasteiger partial charge in [-0.15, -0.1) is 0 Å². The fourth-order valence-corrected chi connectivity index (χ4v) is 5.91. The number of hydrogen-bond acceptors (Lipinski definition) is 5. The number of hydrogen-bond donors (Lipinski definition) is 0. The van der Waals surface area contributed by atoms with E-state index in [4.69, 9.17) is 4.98 Å². The zero-order valence-corrected chi connectivity index (χ0v) is 19.0. The van der Waals surface area contributed by atoms with Gasteiger partial charge in [0.05, 0.1) is 17.1 Å². The molecule has 7 nitrogen and oxygen atoms in total. The summed E-state index contributed by atoms with van der Waals surface area (Å²) < 4.78 is 43.6. The number of nitrogens with zero attached hydrogens (tertiary/aromatic N) is 5. The van der Waals surface area contributed by atoms with E-state index in [0.29, 0.717) is 49.0 Å². The summed E-state index contributed by atoms with van der Waals surface area (Å²) in [5.41, 5.74) is 2.81. The third-order valence-electron chi connectivity index (χ3n) is 5.96. The van der Waals surface area contributed by atoms with E-state index in [-0.39, 0.29) is 5.82 Å². The second kappa shape index (κ2) is 8.66. The SMILES string of the molecule is Cc1ccccc1S(=O)(=O)N1CCN(Cc2nc3cccnc3n2-c2cccc(F)c2)CC1. The number of halogens is 1. The Balaban J connectivity index is 1.38. The van der Waals surface area contributed by atoms with Crippen LogP contribution in [0.5, 0.6) is 0 Å². The molecule has 0 atom stereocenters. The first kappa shape index (κ1) is 21.7. The van der Waals surface area contributed by atoms with Gasteiger partial charge in [-0.1, -0.05) is 24.3 Å². The van der Waals surface area contributed by atoms with E-state index >= 15 is 0 Å². The molecule has 0 spiro atoms. The van der Waals surface area contributed by atoms with E-state index in [1.54, 1.807) is 28.7 Å². The molecule has 3 heterocycles. The maximum Gasteiger partial charge on any atom is 0.243 e. The predicted octanol–water partition coefficient (Wildman–Crippen LogP) is 3.37. The lowest BCUT2D eigenvalue weighted by atomic mass is 10.2. The van der Waals surface area contributed by atoms with Crippen LogP contribution in [0, 0.1) is 12.7 Å². The maximum atomic E-state index is 13.9. The Morgan fingerprint density at radius 2 is 1.76 bits per heavy atom. The van der Waals surface area contributed by atoms with E-state index in [1.165, 1.54) is 12.1 Å². The Kier molecular flexibility index (Phi) is 5.69. The van der Waals surface area contributed by atoms with Crippen LogP contribution in [-0.2, 0) is 16.6 Å². The Hall–Kier alpha value is -3.14. The van der Waals surface area contributed by atoms with Gasteiger partial charge in [-0.2, -0.15) is 4.31 Å². The summed E-state index contributed by atoms with van der Waals surface area (Å²) in [6, 6.07) is 17.1. The number of aromatic nitrogens is 3. The molecule has 0 radical (unpaired) electrons. The summed E-state index contributed by atoms with van der Waals surface area (Å²) >= 11 is 0. The molecule has 0 saturated carbocycles. The molecule has 5 rings (SSSR count). The number of rotatable bonds is 5. The summed E-state index contributed by atoms with van der Waals surface area (Å²) in [4.78, 5) is 11.7. The van der Waals surface area contributed by atoms with Gasteiger partial charge in [0.1, 0.15) is 17.2 Å². The molecule has 4 aromatic rings. The van der Waals surface area contributed by atoms with Crippen LogP contribution in [-0.4, -0.2) is 58.3 Å². The molecule has 33 heavy (non-hydrogen) atoms. The molecule has 2 aromatic heterocycles. The molecule has 1 aliphatic heterocycles. The van der Waals surface area contributed by atoms with Crippen molar-refractivity contribution in [2.75, 3.05) is 26.2 Å². The standard InChI is InChI=1S/C24H24FN5O2S/c1-18-6-2-3-10-22(18)33(31,32)29-14-12-28(13-15-29)17-23-27-21-9-5-11-26-24(21)30(23)20-8-4-7-19(25)16-20/h2-11,16H,12-15,17H2,1H3. The van der Waals surface area contributed by atoms with Gasteiger partial charge in [0.25, 0.3) is 0 Å². The second-order valence-corrected chi connectivity index (χ2v) is 10.0. The Bertz CT molecular complexity index is 1410. The number of fused-ring (bicyclic) bond motifs is 1. The Labute approximate surface area is 192 Å². The van der Waals surface area contributed by atoms with Crippen LogP contribution in [0.25, 0.3) is 16.9 Å². The number of imidazole rings is 1. The van der Waals surface area contributed by atoms with Crippen LogP contribution in [0.15, 0.2) is 71.8 Å². The maximum absolute atomic E-state index is 13.9. The van der Waals surface area contributed by atoms with Gasteiger partial charge in [0.15, 0.2) is 5.65 Å². The fourth-order valence-electron chi connectivity index (χ4n) is 4.26. The number of benzene rings is 2. The molecule has 1 fully saturated rings. The molecule has 2 aromatic carbocycles. The van der Waals surface area contributed by atoms with Crippen LogP contribution in [0.2, 0.25) is 0 Å². The first-order chi connectivity index (χ1) is 15.9. The highest BCUT2D eigenvalue weighted by Crippen LogP contribution is 2.24. The molecule has 9 heteroatoms. The minimum Gasteiger partial charge on any atom is -0.293 e. The number of sulfonamides is 1. The van der Waals surface area contributed by atoms with Crippen molar-refractivity contribution in [3.63, 3.8) is 0 Å². The van der Waals surface area contributed by atoms with Crippen LogP contribution < -0.4 is 0 Å². The molecular weight excluding hydrogens is 441 g/mol. The van der Waals surface area contributed by atoms with Gasteiger partial charge in [0, 0.05) is 32.4 Å². The van der Waals surface area contributed by atoms with Crippen molar-refractivity contribution in [1.82, 2.24) is 23.7 Å². The first-order valence-electron chi connectivity index (χ1n) is 10.8. The summed E-state index contributed by atoms with van der Waals surface area (Å²) in [7, 11) is -3.53. The first-order valence-corrected chi connectivity index (χ1v) is 12.2. The van der Waals surface area contributed by atoms with E-state index in [1.807, 2.05) is 41.8 Å².